The van der Waals surface area contributed by atoms with Crippen molar-refractivity contribution in [2.24, 2.45) is 0 Å². The molecule has 3 nitrogen and oxygen atoms in total. The Morgan fingerprint density at radius 2 is 2.12 bits per heavy atom. The fraction of sp³-hybridized carbons (Fsp3) is 0.923. The van der Waals surface area contributed by atoms with E-state index in [-0.39, 0.29) is 12.5 Å². The van der Waals surface area contributed by atoms with E-state index in [1.807, 2.05) is 0 Å². The second-order valence-corrected chi connectivity index (χ2v) is 6.39. The highest BCUT2D eigenvalue weighted by molar-refractivity contribution is 7.99. The lowest BCUT2D eigenvalue weighted by molar-refractivity contribution is -0.121. The van der Waals surface area contributed by atoms with Gasteiger partial charge in [0, 0.05) is 30.1 Å². The zero-order valence-electron chi connectivity index (χ0n) is 10.8. The Labute approximate surface area is 109 Å². The van der Waals surface area contributed by atoms with Crippen molar-refractivity contribution in [3.05, 3.63) is 0 Å². The van der Waals surface area contributed by atoms with Gasteiger partial charge in [-0.05, 0) is 19.3 Å². The lowest BCUT2D eigenvalue weighted by Crippen LogP contribution is -2.36. The highest BCUT2D eigenvalue weighted by Gasteiger charge is 2.15. The van der Waals surface area contributed by atoms with Crippen LogP contribution in [-0.4, -0.2) is 34.7 Å². The lowest BCUT2D eigenvalue weighted by atomic mass is 9.95. The van der Waals surface area contributed by atoms with Crippen LogP contribution in [0.25, 0.3) is 0 Å². The number of carbonyl (C=O) groups is 1. The third-order valence-electron chi connectivity index (χ3n) is 3.24. The Kier molecular flexibility index (Phi) is 7.69. The number of thioether (sulfide) groups is 1. The zero-order chi connectivity index (χ0) is 12.5. The third kappa shape index (κ3) is 6.94. The fourth-order valence-corrected chi connectivity index (χ4v) is 3.14. The molecular formula is C13H25NO2S. The summed E-state index contributed by atoms with van der Waals surface area (Å²) in [6.07, 6.45) is 7.56. The number of amides is 1. The molecule has 2 N–H and O–H groups in total. The highest BCUT2D eigenvalue weighted by Crippen LogP contribution is 2.18. The van der Waals surface area contributed by atoms with E-state index in [9.17, 15) is 4.79 Å². The summed E-state index contributed by atoms with van der Waals surface area (Å²) in [5.41, 5.74) is 0. The van der Waals surface area contributed by atoms with Crippen molar-refractivity contribution >= 4 is 17.7 Å². The average molecular weight is 259 g/mol. The molecule has 0 heterocycles. The van der Waals surface area contributed by atoms with Crippen LogP contribution in [0.3, 0.4) is 0 Å². The highest BCUT2D eigenvalue weighted by atomic mass is 32.2. The molecule has 0 saturated heterocycles. The Hall–Kier alpha value is -0.220. The normalized spacial score (nSPS) is 18.9. The van der Waals surface area contributed by atoms with E-state index in [4.69, 9.17) is 5.11 Å². The van der Waals surface area contributed by atoms with Gasteiger partial charge in [-0.25, -0.2) is 0 Å². The Morgan fingerprint density at radius 3 is 2.76 bits per heavy atom. The average Bonchev–Trinajstić information content (AvgIpc) is 2.30. The van der Waals surface area contributed by atoms with Gasteiger partial charge in [-0.2, -0.15) is 11.8 Å². The lowest BCUT2D eigenvalue weighted by Gasteiger charge is -2.22. The van der Waals surface area contributed by atoms with E-state index >= 15 is 0 Å². The molecular weight excluding hydrogens is 234 g/mol. The van der Waals surface area contributed by atoms with Crippen molar-refractivity contribution in [2.75, 3.05) is 12.4 Å². The molecule has 17 heavy (non-hydrogen) atoms. The number of hydrogen-bond donors (Lipinski definition) is 2. The smallest absolute Gasteiger partial charge is 0.221 e. The molecule has 0 aromatic heterocycles. The van der Waals surface area contributed by atoms with Gasteiger partial charge in [0.05, 0.1) is 0 Å². The van der Waals surface area contributed by atoms with Crippen molar-refractivity contribution in [1.29, 1.82) is 0 Å². The number of hydrogen-bond acceptors (Lipinski definition) is 3. The maximum absolute atomic E-state index is 11.7. The summed E-state index contributed by atoms with van der Waals surface area (Å²) in [7, 11) is 0. The summed E-state index contributed by atoms with van der Waals surface area (Å²) in [5, 5.41) is 12.3. The predicted octanol–water partition coefficient (Wildman–Crippen LogP) is 2.33. The Morgan fingerprint density at radius 1 is 1.41 bits per heavy atom. The van der Waals surface area contributed by atoms with Gasteiger partial charge in [-0.15, -0.1) is 0 Å². The van der Waals surface area contributed by atoms with Crippen LogP contribution in [0.15, 0.2) is 0 Å². The summed E-state index contributed by atoms with van der Waals surface area (Å²) in [4.78, 5) is 11.7. The summed E-state index contributed by atoms with van der Waals surface area (Å²) < 4.78 is 0. The number of aliphatic hydroxyl groups is 1. The first-order valence-corrected chi connectivity index (χ1v) is 7.79. The van der Waals surface area contributed by atoms with E-state index < -0.39 is 0 Å². The van der Waals surface area contributed by atoms with E-state index in [2.05, 4.69) is 12.2 Å². The van der Waals surface area contributed by atoms with Crippen LogP contribution in [0.2, 0.25) is 0 Å². The van der Waals surface area contributed by atoms with Crippen LogP contribution in [0.5, 0.6) is 0 Å². The maximum Gasteiger partial charge on any atom is 0.221 e. The minimum Gasteiger partial charge on any atom is -0.396 e. The van der Waals surface area contributed by atoms with Crippen molar-refractivity contribution in [3.8, 4) is 0 Å². The molecule has 0 bridgehead atoms. The molecule has 1 aliphatic rings. The molecule has 1 fully saturated rings. The Balaban J connectivity index is 2.04. The summed E-state index contributed by atoms with van der Waals surface area (Å²) in [6, 6.07) is 0.427. The first-order valence-electron chi connectivity index (χ1n) is 6.74. The first-order chi connectivity index (χ1) is 8.22. The van der Waals surface area contributed by atoms with Crippen molar-refractivity contribution in [1.82, 2.24) is 5.32 Å². The maximum atomic E-state index is 11.7. The number of carbonyl (C=O) groups excluding carboxylic acids is 1. The summed E-state index contributed by atoms with van der Waals surface area (Å²) >= 11 is 1.77. The molecule has 1 saturated carbocycles. The van der Waals surface area contributed by atoms with Crippen molar-refractivity contribution in [3.63, 3.8) is 0 Å². The Bertz CT molecular complexity index is 217. The molecule has 4 heteroatoms. The van der Waals surface area contributed by atoms with Gasteiger partial charge in [0.15, 0.2) is 0 Å². The monoisotopic (exact) mass is 259 g/mol. The quantitative estimate of drug-likeness (QED) is 0.738. The van der Waals surface area contributed by atoms with Crippen LogP contribution in [0.1, 0.15) is 51.9 Å². The topological polar surface area (TPSA) is 49.3 Å². The second-order valence-electron chi connectivity index (χ2n) is 4.85. The molecule has 1 amide bonds. The number of aliphatic hydroxyl groups excluding tert-OH is 1. The third-order valence-corrected chi connectivity index (χ3v) is 4.48. The first kappa shape index (κ1) is 14.8. The van der Waals surface area contributed by atoms with Crippen molar-refractivity contribution in [2.45, 2.75) is 63.2 Å². The van der Waals surface area contributed by atoms with Gasteiger partial charge in [0.2, 0.25) is 5.91 Å². The van der Waals surface area contributed by atoms with Gasteiger partial charge in [-0.3, -0.25) is 4.79 Å². The molecule has 0 radical (unpaired) electrons. The largest absolute Gasteiger partial charge is 0.396 e. The number of nitrogens with one attached hydrogen (secondary N) is 1. The minimum atomic E-state index is 0.195. The molecule has 0 aliphatic heterocycles. The van der Waals surface area contributed by atoms with Gasteiger partial charge in [-0.1, -0.05) is 26.2 Å². The van der Waals surface area contributed by atoms with Gasteiger partial charge in [0.1, 0.15) is 0 Å². The van der Waals surface area contributed by atoms with E-state index in [1.165, 1.54) is 19.3 Å². The molecule has 100 valence electrons. The van der Waals surface area contributed by atoms with Gasteiger partial charge >= 0.3 is 0 Å². The van der Waals surface area contributed by atoms with E-state index in [0.717, 1.165) is 25.0 Å². The molecule has 0 aromatic carbocycles. The van der Waals surface area contributed by atoms with Crippen LogP contribution >= 0.6 is 11.8 Å². The minimum absolute atomic E-state index is 0.195. The van der Waals surface area contributed by atoms with Gasteiger partial charge < -0.3 is 10.4 Å². The molecule has 1 aliphatic carbocycles. The van der Waals surface area contributed by atoms with Crippen LogP contribution in [-0.2, 0) is 4.79 Å². The van der Waals surface area contributed by atoms with Crippen LogP contribution < -0.4 is 5.32 Å². The standard InChI is InChI=1S/C13H25NO2S/c1-11(7-9-15)17-10-8-13(16)14-12-5-3-2-4-6-12/h11-12,15H,2-10H2,1H3,(H,14,16). The summed E-state index contributed by atoms with van der Waals surface area (Å²) in [6.45, 7) is 2.34. The molecule has 1 unspecified atom stereocenters. The number of rotatable bonds is 7. The van der Waals surface area contributed by atoms with Crippen LogP contribution in [0.4, 0.5) is 0 Å². The predicted molar refractivity (Wildman–Crippen MR) is 73.3 cm³/mol. The second kappa shape index (κ2) is 8.81. The molecule has 0 aromatic rings. The van der Waals surface area contributed by atoms with Crippen LogP contribution in [0, 0.1) is 0 Å². The van der Waals surface area contributed by atoms with E-state index in [1.54, 1.807) is 11.8 Å². The molecule has 0 spiro atoms. The van der Waals surface area contributed by atoms with Crippen molar-refractivity contribution < 1.29 is 9.90 Å². The molecule has 1 rings (SSSR count). The fourth-order valence-electron chi connectivity index (χ4n) is 2.16. The zero-order valence-corrected chi connectivity index (χ0v) is 11.6. The SMILES string of the molecule is CC(CCO)SCCC(=O)NC1CCCCC1. The van der Waals surface area contributed by atoms with E-state index in [0.29, 0.717) is 17.7 Å². The summed E-state index contributed by atoms with van der Waals surface area (Å²) in [5.74, 6) is 1.06. The van der Waals surface area contributed by atoms with Gasteiger partial charge in [0.25, 0.3) is 0 Å². The molecule has 1 atom stereocenters.